The second kappa shape index (κ2) is 6.58. The first-order valence-corrected chi connectivity index (χ1v) is 6.78. The molecule has 1 fully saturated rings. The smallest absolute Gasteiger partial charge is 0.326 e. The van der Waals surface area contributed by atoms with Gasteiger partial charge in [-0.25, -0.2) is 9.59 Å². The Balaban J connectivity index is 2.49. The highest BCUT2D eigenvalue weighted by Crippen LogP contribution is 2.34. The molecule has 1 aliphatic rings. The SMILES string of the molecule is CC1(C)CCCC(NC(=O)N[C@H](CC(N)=O)C(=O)O)C1. The number of nitrogens with one attached hydrogen (secondary N) is 2. The van der Waals surface area contributed by atoms with Crippen LogP contribution in [0.1, 0.15) is 46.0 Å². The van der Waals surface area contributed by atoms with Crippen LogP contribution in [-0.4, -0.2) is 35.1 Å². The van der Waals surface area contributed by atoms with Gasteiger partial charge in [-0.2, -0.15) is 0 Å². The van der Waals surface area contributed by atoms with E-state index in [0.717, 1.165) is 25.7 Å². The minimum atomic E-state index is -1.29. The number of carboxylic acids is 1. The summed E-state index contributed by atoms with van der Waals surface area (Å²) in [6.45, 7) is 4.29. The normalized spacial score (nSPS) is 22.6. The molecular formula is C13H23N3O4. The molecule has 0 spiro atoms. The Morgan fingerprint density at radius 3 is 2.55 bits per heavy atom. The van der Waals surface area contributed by atoms with Gasteiger partial charge >= 0.3 is 12.0 Å². The number of carbonyl (C=O) groups excluding carboxylic acids is 2. The van der Waals surface area contributed by atoms with Crippen LogP contribution in [0.4, 0.5) is 4.79 Å². The number of primary amides is 1. The lowest BCUT2D eigenvalue weighted by molar-refractivity contribution is -0.140. The van der Waals surface area contributed by atoms with Gasteiger partial charge in [0.25, 0.3) is 0 Å². The van der Waals surface area contributed by atoms with Crippen molar-refractivity contribution in [2.45, 2.75) is 58.0 Å². The van der Waals surface area contributed by atoms with Gasteiger partial charge in [-0.1, -0.05) is 20.3 Å². The molecule has 0 radical (unpaired) electrons. The predicted molar refractivity (Wildman–Crippen MR) is 72.9 cm³/mol. The molecule has 1 rings (SSSR count). The molecule has 2 atom stereocenters. The highest BCUT2D eigenvalue weighted by molar-refractivity contribution is 5.87. The third kappa shape index (κ3) is 5.46. The van der Waals surface area contributed by atoms with Crippen LogP contribution in [0.5, 0.6) is 0 Å². The van der Waals surface area contributed by atoms with E-state index in [1.165, 1.54) is 0 Å². The fourth-order valence-electron chi connectivity index (χ4n) is 2.61. The van der Waals surface area contributed by atoms with E-state index in [-0.39, 0.29) is 11.5 Å². The van der Waals surface area contributed by atoms with E-state index in [1.54, 1.807) is 0 Å². The molecule has 5 N–H and O–H groups in total. The quantitative estimate of drug-likeness (QED) is 0.590. The van der Waals surface area contributed by atoms with Crippen LogP contribution in [0.2, 0.25) is 0 Å². The van der Waals surface area contributed by atoms with E-state index in [9.17, 15) is 14.4 Å². The molecule has 7 heteroatoms. The largest absolute Gasteiger partial charge is 0.480 e. The van der Waals surface area contributed by atoms with Crippen LogP contribution in [0.25, 0.3) is 0 Å². The summed E-state index contributed by atoms with van der Waals surface area (Å²) in [5.74, 6) is -2.04. The minimum Gasteiger partial charge on any atom is -0.480 e. The van der Waals surface area contributed by atoms with Gasteiger partial charge in [-0.3, -0.25) is 4.79 Å². The lowest BCUT2D eigenvalue weighted by Gasteiger charge is -2.35. The van der Waals surface area contributed by atoms with E-state index in [1.807, 2.05) is 0 Å². The number of carbonyl (C=O) groups is 3. The number of urea groups is 1. The van der Waals surface area contributed by atoms with Gasteiger partial charge in [0.2, 0.25) is 5.91 Å². The topological polar surface area (TPSA) is 122 Å². The molecule has 1 aliphatic carbocycles. The summed E-state index contributed by atoms with van der Waals surface area (Å²) in [6, 6.07) is -1.83. The molecule has 0 aliphatic heterocycles. The number of nitrogens with two attached hydrogens (primary N) is 1. The molecule has 3 amide bonds. The Bertz CT molecular complexity index is 395. The van der Waals surface area contributed by atoms with Crippen LogP contribution in [-0.2, 0) is 9.59 Å². The zero-order valence-corrected chi connectivity index (χ0v) is 11.9. The standard InChI is InChI=1S/C13H23N3O4/c1-13(2)5-3-4-8(7-13)15-12(20)16-9(11(18)19)6-10(14)17/h8-9H,3-7H2,1-2H3,(H2,14,17)(H,18,19)(H2,15,16,20)/t8?,9-/m1/s1. The average molecular weight is 285 g/mol. The maximum absolute atomic E-state index is 11.8. The van der Waals surface area contributed by atoms with Crippen molar-refractivity contribution < 1.29 is 19.5 Å². The highest BCUT2D eigenvalue weighted by Gasteiger charge is 2.30. The zero-order chi connectivity index (χ0) is 15.3. The Hall–Kier alpha value is -1.79. The molecule has 0 aromatic rings. The first-order chi connectivity index (χ1) is 9.19. The number of rotatable bonds is 5. The van der Waals surface area contributed by atoms with Crippen molar-refractivity contribution in [3.63, 3.8) is 0 Å². The Morgan fingerprint density at radius 1 is 1.40 bits per heavy atom. The Labute approximate surface area is 118 Å². The third-order valence-electron chi connectivity index (χ3n) is 3.55. The average Bonchev–Trinajstić information content (AvgIpc) is 2.25. The molecular weight excluding hydrogens is 262 g/mol. The van der Waals surface area contributed by atoms with Gasteiger partial charge in [-0.05, 0) is 24.7 Å². The monoisotopic (exact) mass is 285 g/mol. The number of carboxylic acid groups (broad SMARTS) is 1. The summed E-state index contributed by atoms with van der Waals surface area (Å²) in [5, 5.41) is 13.9. The molecule has 7 nitrogen and oxygen atoms in total. The van der Waals surface area contributed by atoms with Crippen molar-refractivity contribution in [2.24, 2.45) is 11.1 Å². The van der Waals surface area contributed by atoms with E-state index in [0.29, 0.717) is 0 Å². The molecule has 20 heavy (non-hydrogen) atoms. The highest BCUT2D eigenvalue weighted by atomic mass is 16.4. The van der Waals surface area contributed by atoms with E-state index in [4.69, 9.17) is 10.8 Å². The lowest BCUT2D eigenvalue weighted by Crippen LogP contribution is -2.51. The number of aliphatic carboxylic acids is 1. The molecule has 0 bridgehead atoms. The number of hydrogen-bond acceptors (Lipinski definition) is 3. The summed E-state index contributed by atoms with van der Waals surface area (Å²) in [4.78, 5) is 33.5. The maximum Gasteiger partial charge on any atom is 0.326 e. The van der Waals surface area contributed by atoms with Gasteiger partial charge < -0.3 is 21.5 Å². The van der Waals surface area contributed by atoms with Crippen molar-refractivity contribution in [1.82, 2.24) is 10.6 Å². The predicted octanol–water partition coefficient (Wildman–Crippen LogP) is 0.583. The van der Waals surface area contributed by atoms with Gasteiger partial charge in [0.15, 0.2) is 0 Å². The molecule has 0 aromatic carbocycles. The van der Waals surface area contributed by atoms with Crippen LogP contribution >= 0.6 is 0 Å². The van der Waals surface area contributed by atoms with Crippen LogP contribution in [0.15, 0.2) is 0 Å². The minimum absolute atomic E-state index is 0.0294. The first-order valence-electron chi connectivity index (χ1n) is 6.78. The zero-order valence-electron chi connectivity index (χ0n) is 11.9. The maximum atomic E-state index is 11.8. The fraction of sp³-hybridized carbons (Fsp3) is 0.769. The van der Waals surface area contributed by atoms with E-state index < -0.39 is 30.4 Å². The third-order valence-corrected chi connectivity index (χ3v) is 3.55. The molecule has 114 valence electrons. The summed E-state index contributed by atoms with van der Waals surface area (Å²) in [5.41, 5.74) is 5.13. The molecule has 1 unspecified atom stereocenters. The van der Waals surface area contributed by atoms with Gasteiger partial charge in [-0.15, -0.1) is 0 Å². The van der Waals surface area contributed by atoms with E-state index in [2.05, 4.69) is 24.5 Å². The van der Waals surface area contributed by atoms with Crippen LogP contribution in [0.3, 0.4) is 0 Å². The second-order valence-corrected chi connectivity index (χ2v) is 6.14. The summed E-state index contributed by atoms with van der Waals surface area (Å²) in [7, 11) is 0. The van der Waals surface area contributed by atoms with E-state index >= 15 is 0 Å². The van der Waals surface area contributed by atoms with Gasteiger partial charge in [0.1, 0.15) is 6.04 Å². The molecule has 0 saturated heterocycles. The van der Waals surface area contributed by atoms with Crippen molar-refractivity contribution in [2.75, 3.05) is 0 Å². The van der Waals surface area contributed by atoms with Crippen molar-refractivity contribution in [3.8, 4) is 0 Å². The molecule has 1 saturated carbocycles. The lowest BCUT2D eigenvalue weighted by atomic mass is 9.75. The number of amides is 3. The van der Waals surface area contributed by atoms with Gasteiger partial charge in [0.05, 0.1) is 6.42 Å². The summed E-state index contributed by atoms with van der Waals surface area (Å²) >= 11 is 0. The Morgan fingerprint density at radius 2 is 2.05 bits per heavy atom. The first kappa shape index (κ1) is 16.3. The summed E-state index contributed by atoms with van der Waals surface area (Å²) < 4.78 is 0. The summed E-state index contributed by atoms with van der Waals surface area (Å²) in [6.07, 6.45) is 3.46. The van der Waals surface area contributed by atoms with Crippen LogP contribution in [0, 0.1) is 5.41 Å². The van der Waals surface area contributed by atoms with Crippen molar-refractivity contribution >= 4 is 17.9 Å². The molecule has 0 aromatic heterocycles. The number of hydrogen-bond donors (Lipinski definition) is 4. The Kier molecular flexibility index (Phi) is 5.35. The van der Waals surface area contributed by atoms with Crippen molar-refractivity contribution in [3.05, 3.63) is 0 Å². The van der Waals surface area contributed by atoms with Crippen molar-refractivity contribution in [1.29, 1.82) is 0 Å². The van der Waals surface area contributed by atoms with Gasteiger partial charge in [0, 0.05) is 6.04 Å². The fourth-order valence-corrected chi connectivity index (χ4v) is 2.61. The second-order valence-electron chi connectivity index (χ2n) is 6.14. The molecule has 0 heterocycles. The van der Waals surface area contributed by atoms with Crippen LogP contribution < -0.4 is 16.4 Å².